The molecule has 4 aromatic rings. The van der Waals surface area contributed by atoms with Crippen LogP contribution in [0.4, 0.5) is 10.2 Å². The van der Waals surface area contributed by atoms with E-state index in [1.54, 1.807) is 12.1 Å². The van der Waals surface area contributed by atoms with Crippen molar-refractivity contribution < 1.29 is 23.3 Å². The molecule has 1 aliphatic rings. The van der Waals surface area contributed by atoms with E-state index in [4.69, 9.17) is 11.6 Å². The van der Waals surface area contributed by atoms with Crippen LogP contribution in [-0.2, 0) is 22.5 Å². The topological polar surface area (TPSA) is 141 Å². The van der Waals surface area contributed by atoms with E-state index in [0.717, 1.165) is 16.2 Å². The van der Waals surface area contributed by atoms with E-state index in [-0.39, 0.29) is 52.5 Å². The first-order chi connectivity index (χ1) is 18.2. The third kappa shape index (κ3) is 5.10. The average Bonchev–Trinajstić information content (AvgIpc) is 3.46. The number of carbonyl (C=O) groups is 3. The van der Waals surface area contributed by atoms with Crippen molar-refractivity contribution in [2.45, 2.75) is 12.6 Å². The summed E-state index contributed by atoms with van der Waals surface area (Å²) in [5.74, 6) is -2.18. The van der Waals surface area contributed by atoms with Gasteiger partial charge in [-0.05, 0) is 35.8 Å². The van der Waals surface area contributed by atoms with Gasteiger partial charge in [0.1, 0.15) is 23.8 Å². The van der Waals surface area contributed by atoms with Gasteiger partial charge in [-0.15, -0.1) is 0 Å². The van der Waals surface area contributed by atoms with Gasteiger partial charge in [-0.1, -0.05) is 41.0 Å². The summed E-state index contributed by atoms with van der Waals surface area (Å²) in [6.07, 6.45) is 1.51. The molecule has 0 radical (unpaired) electrons. The third-order valence-electron chi connectivity index (χ3n) is 5.86. The van der Waals surface area contributed by atoms with Crippen LogP contribution in [0.25, 0.3) is 10.1 Å². The zero-order valence-electron chi connectivity index (χ0n) is 19.8. The maximum atomic E-state index is 14.2. The molecule has 196 valence electrons. The number of halogens is 2. The smallest absolute Gasteiger partial charge is 0.287 e. The van der Waals surface area contributed by atoms with Gasteiger partial charge in [0, 0.05) is 16.0 Å². The predicted octanol–water partition coefficient (Wildman–Crippen LogP) is 2.87. The Morgan fingerprint density at radius 1 is 1.29 bits per heavy atom. The molecule has 0 bridgehead atoms. The minimum absolute atomic E-state index is 0.0124. The number of aromatic nitrogens is 3. The number of hydrogen-bond donors (Lipinski definition) is 3. The second-order valence-electron chi connectivity index (χ2n) is 8.44. The number of benzene rings is 2. The second kappa shape index (κ2) is 10.7. The standard InChI is InChI=1S/C24H20ClFN6O4S2/c1-38(36)9-8-27-24(35)22-29-21(30-23(34)19-13-4-2-3-5-16(13)37-31-19)20-18(28-17(33)11-32(20)22)14-10-12(26)6-7-15(14)25/h2-7,10,18H,8-9,11H2,1H3,(H,27,35)(H,28,33)(H,30,34). The highest BCUT2D eigenvalue weighted by atomic mass is 35.5. The molecule has 1 aliphatic heterocycles. The number of rotatable bonds is 7. The fourth-order valence-electron chi connectivity index (χ4n) is 4.17. The van der Waals surface area contributed by atoms with Crippen LogP contribution in [0, 0.1) is 5.82 Å². The molecule has 2 atom stereocenters. The van der Waals surface area contributed by atoms with Crippen LogP contribution >= 0.6 is 23.1 Å². The number of amides is 3. The average molecular weight is 575 g/mol. The number of carbonyl (C=O) groups excluding carboxylic acids is 3. The van der Waals surface area contributed by atoms with Crippen molar-refractivity contribution in [1.82, 2.24) is 24.6 Å². The molecule has 2 unspecified atom stereocenters. The zero-order valence-corrected chi connectivity index (χ0v) is 22.2. The molecule has 0 spiro atoms. The summed E-state index contributed by atoms with van der Waals surface area (Å²) < 4.78 is 32.1. The largest absolute Gasteiger partial charge is 0.617 e. The minimum atomic E-state index is -1.13. The van der Waals surface area contributed by atoms with E-state index in [0.29, 0.717) is 5.39 Å². The van der Waals surface area contributed by atoms with Crippen molar-refractivity contribution >= 4 is 67.9 Å². The monoisotopic (exact) mass is 574 g/mol. The quantitative estimate of drug-likeness (QED) is 0.290. The summed E-state index contributed by atoms with van der Waals surface area (Å²) in [5.41, 5.74) is 0.641. The summed E-state index contributed by atoms with van der Waals surface area (Å²) in [5, 5.41) is 8.93. The predicted molar refractivity (Wildman–Crippen MR) is 142 cm³/mol. The molecule has 3 heterocycles. The van der Waals surface area contributed by atoms with Gasteiger partial charge in [-0.2, -0.15) is 4.37 Å². The van der Waals surface area contributed by atoms with E-state index in [1.165, 1.54) is 29.0 Å². The maximum absolute atomic E-state index is 14.2. The molecule has 2 aromatic heterocycles. The summed E-state index contributed by atoms with van der Waals surface area (Å²) in [6, 6.07) is 9.92. The lowest BCUT2D eigenvalue weighted by atomic mass is 10.0. The first-order valence-electron chi connectivity index (χ1n) is 11.3. The van der Waals surface area contributed by atoms with Crippen LogP contribution < -0.4 is 16.0 Å². The molecular weight excluding hydrogens is 555 g/mol. The van der Waals surface area contributed by atoms with Gasteiger partial charge in [-0.3, -0.25) is 14.4 Å². The number of hydrogen-bond acceptors (Lipinski definition) is 7. The van der Waals surface area contributed by atoms with Gasteiger partial charge in [0.2, 0.25) is 11.7 Å². The van der Waals surface area contributed by atoms with Gasteiger partial charge in [-0.25, -0.2) is 9.37 Å². The molecule has 2 aromatic carbocycles. The minimum Gasteiger partial charge on any atom is -0.617 e. The van der Waals surface area contributed by atoms with Gasteiger partial charge in [0.15, 0.2) is 5.82 Å². The summed E-state index contributed by atoms with van der Waals surface area (Å²) >= 11 is 6.39. The number of nitrogens with zero attached hydrogens (tertiary/aromatic N) is 3. The molecule has 38 heavy (non-hydrogen) atoms. The van der Waals surface area contributed by atoms with Crippen LogP contribution in [0.15, 0.2) is 42.5 Å². The fourth-order valence-corrected chi connectivity index (χ4v) is 5.56. The Bertz CT molecular complexity index is 1570. The van der Waals surface area contributed by atoms with Crippen molar-refractivity contribution in [1.29, 1.82) is 0 Å². The summed E-state index contributed by atoms with van der Waals surface area (Å²) in [7, 11) is 0. The highest BCUT2D eigenvalue weighted by Gasteiger charge is 2.36. The summed E-state index contributed by atoms with van der Waals surface area (Å²) in [4.78, 5) is 43.4. The fraction of sp³-hybridized carbons (Fsp3) is 0.208. The molecule has 0 aliphatic carbocycles. The summed E-state index contributed by atoms with van der Waals surface area (Å²) in [6.45, 7) is -0.161. The Balaban J connectivity index is 1.59. The Kier molecular flexibility index (Phi) is 7.34. The molecule has 3 N–H and O–H groups in total. The Labute approximate surface area is 227 Å². The lowest BCUT2D eigenvalue weighted by molar-refractivity contribution is -0.123. The van der Waals surface area contributed by atoms with Crippen molar-refractivity contribution in [3.8, 4) is 0 Å². The van der Waals surface area contributed by atoms with Crippen molar-refractivity contribution in [3.63, 3.8) is 0 Å². The van der Waals surface area contributed by atoms with Gasteiger partial charge in [0.25, 0.3) is 11.8 Å². The van der Waals surface area contributed by atoms with E-state index in [2.05, 4.69) is 25.3 Å². The van der Waals surface area contributed by atoms with Gasteiger partial charge < -0.3 is 25.1 Å². The second-order valence-corrected chi connectivity index (χ2v) is 11.2. The lowest BCUT2D eigenvalue weighted by Gasteiger charge is -2.28. The molecular formula is C24H20ClFN6O4S2. The number of anilines is 1. The van der Waals surface area contributed by atoms with Crippen LogP contribution in [0.5, 0.6) is 0 Å². The highest BCUT2D eigenvalue weighted by molar-refractivity contribution is 7.90. The lowest BCUT2D eigenvalue weighted by Crippen LogP contribution is -2.41. The molecule has 10 nitrogen and oxygen atoms in total. The molecule has 3 amide bonds. The first-order valence-corrected chi connectivity index (χ1v) is 14.2. The van der Waals surface area contributed by atoms with Crippen molar-refractivity contribution in [2.24, 2.45) is 0 Å². The normalized spacial score (nSPS) is 15.6. The van der Waals surface area contributed by atoms with Gasteiger partial charge >= 0.3 is 0 Å². The molecule has 0 saturated carbocycles. The van der Waals surface area contributed by atoms with Crippen LogP contribution in [0.3, 0.4) is 0 Å². The van der Waals surface area contributed by atoms with E-state index < -0.39 is 40.8 Å². The highest BCUT2D eigenvalue weighted by Crippen LogP contribution is 2.36. The SMILES string of the molecule is C[S+]([O-])CCNC(=O)c1nc(NC(=O)c2nsc3ccccc23)c2n1CC(=O)NC2c1cc(F)ccc1Cl. The zero-order chi connectivity index (χ0) is 27.0. The van der Waals surface area contributed by atoms with Crippen LogP contribution in [0.2, 0.25) is 5.02 Å². The van der Waals surface area contributed by atoms with Crippen LogP contribution in [0.1, 0.15) is 38.4 Å². The molecule has 5 rings (SSSR count). The Morgan fingerprint density at radius 3 is 2.87 bits per heavy atom. The Hall–Kier alpha value is -3.52. The molecule has 14 heteroatoms. The number of fused-ring (bicyclic) bond motifs is 2. The van der Waals surface area contributed by atoms with E-state index in [1.807, 2.05) is 12.1 Å². The van der Waals surface area contributed by atoms with Crippen molar-refractivity contribution in [2.75, 3.05) is 23.9 Å². The van der Waals surface area contributed by atoms with Crippen molar-refractivity contribution in [3.05, 3.63) is 76.1 Å². The Morgan fingerprint density at radius 2 is 2.08 bits per heavy atom. The van der Waals surface area contributed by atoms with E-state index in [9.17, 15) is 23.3 Å². The number of nitrogens with one attached hydrogen (secondary N) is 3. The molecule has 0 fully saturated rings. The van der Waals surface area contributed by atoms with Gasteiger partial charge in [0.05, 0.1) is 29.2 Å². The van der Waals surface area contributed by atoms with E-state index >= 15 is 0 Å². The first kappa shape index (κ1) is 26.1. The number of imidazole rings is 1. The molecule has 0 saturated heterocycles. The van der Waals surface area contributed by atoms with Crippen LogP contribution in [-0.4, -0.2) is 54.8 Å². The third-order valence-corrected chi connectivity index (χ3v) is 7.81. The maximum Gasteiger partial charge on any atom is 0.287 e.